The van der Waals surface area contributed by atoms with E-state index in [2.05, 4.69) is 0 Å². The number of hydrogen-bond acceptors (Lipinski definition) is 5. The number of methoxy groups -OCH3 is 2. The van der Waals surface area contributed by atoms with Gasteiger partial charge in [0.05, 0.1) is 25.3 Å². The standard InChI is InChI=1S/C17H21NO5/c1-11(19)18-9-7-12(8-10-18)13-5-4-6-14(16(20)22-2)15(13)17(21)23-3/h4-6,12H,7-10H2,1-3H3. The molecule has 124 valence electrons. The van der Waals surface area contributed by atoms with Gasteiger partial charge in [-0.3, -0.25) is 4.79 Å². The summed E-state index contributed by atoms with van der Waals surface area (Å²) in [6.07, 6.45) is 1.49. The molecule has 6 nitrogen and oxygen atoms in total. The highest BCUT2D eigenvalue weighted by molar-refractivity contribution is 6.04. The van der Waals surface area contributed by atoms with Gasteiger partial charge in [0.2, 0.25) is 5.91 Å². The van der Waals surface area contributed by atoms with Crippen LogP contribution in [0.2, 0.25) is 0 Å². The molecule has 0 aromatic heterocycles. The number of esters is 2. The van der Waals surface area contributed by atoms with Crippen LogP contribution in [0.25, 0.3) is 0 Å². The summed E-state index contributed by atoms with van der Waals surface area (Å²) in [4.78, 5) is 37.4. The summed E-state index contributed by atoms with van der Waals surface area (Å²) in [6.45, 7) is 2.84. The third-order valence-electron chi connectivity index (χ3n) is 4.27. The van der Waals surface area contributed by atoms with E-state index >= 15 is 0 Å². The van der Waals surface area contributed by atoms with Crippen molar-refractivity contribution in [3.63, 3.8) is 0 Å². The molecule has 23 heavy (non-hydrogen) atoms. The highest BCUT2D eigenvalue weighted by atomic mass is 16.5. The number of likely N-dealkylation sites (tertiary alicyclic amines) is 1. The van der Waals surface area contributed by atoms with Crippen molar-refractivity contribution in [1.29, 1.82) is 0 Å². The maximum atomic E-state index is 12.2. The van der Waals surface area contributed by atoms with E-state index < -0.39 is 11.9 Å². The zero-order valence-corrected chi connectivity index (χ0v) is 13.6. The van der Waals surface area contributed by atoms with E-state index in [0.29, 0.717) is 13.1 Å². The Kier molecular flexibility index (Phi) is 5.36. The summed E-state index contributed by atoms with van der Waals surface area (Å²) in [5.41, 5.74) is 1.26. The Morgan fingerprint density at radius 1 is 1.04 bits per heavy atom. The van der Waals surface area contributed by atoms with E-state index in [9.17, 15) is 14.4 Å². The maximum Gasteiger partial charge on any atom is 0.339 e. The molecule has 0 radical (unpaired) electrons. The first-order chi connectivity index (χ1) is 11.0. The van der Waals surface area contributed by atoms with Crippen LogP contribution in [0.5, 0.6) is 0 Å². The van der Waals surface area contributed by atoms with Crippen molar-refractivity contribution in [3.8, 4) is 0 Å². The smallest absolute Gasteiger partial charge is 0.339 e. The molecule has 1 aliphatic heterocycles. The number of piperidine rings is 1. The van der Waals surface area contributed by atoms with Gasteiger partial charge in [-0.1, -0.05) is 12.1 Å². The van der Waals surface area contributed by atoms with Gasteiger partial charge in [0.15, 0.2) is 0 Å². The summed E-state index contributed by atoms with van der Waals surface area (Å²) < 4.78 is 9.61. The average Bonchev–Trinajstić information content (AvgIpc) is 2.59. The number of ether oxygens (including phenoxy) is 2. The van der Waals surface area contributed by atoms with E-state index in [-0.39, 0.29) is 23.0 Å². The zero-order valence-electron chi connectivity index (χ0n) is 13.6. The molecule has 1 aliphatic rings. The lowest BCUT2D eigenvalue weighted by Gasteiger charge is -2.32. The maximum absolute atomic E-state index is 12.2. The van der Waals surface area contributed by atoms with Gasteiger partial charge in [0.25, 0.3) is 0 Å². The van der Waals surface area contributed by atoms with Crippen LogP contribution in [0.4, 0.5) is 0 Å². The Labute approximate surface area is 135 Å². The first kappa shape index (κ1) is 17.0. The summed E-state index contributed by atoms with van der Waals surface area (Å²) in [5.74, 6) is -0.951. The normalized spacial score (nSPS) is 15.2. The lowest BCUT2D eigenvalue weighted by Crippen LogP contribution is -2.36. The van der Waals surface area contributed by atoms with Crippen molar-refractivity contribution in [2.75, 3.05) is 27.3 Å². The van der Waals surface area contributed by atoms with E-state index in [4.69, 9.17) is 9.47 Å². The zero-order chi connectivity index (χ0) is 17.0. The highest BCUT2D eigenvalue weighted by Crippen LogP contribution is 2.32. The molecule has 0 saturated carbocycles. The van der Waals surface area contributed by atoms with Crippen LogP contribution in [-0.2, 0) is 14.3 Å². The summed E-state index contributed by atoms with van der Waals surface area (Å²) in [6, 6.07) is 5.14. The Morgan fingerprint density at radius 3 is 2.17 bits per heavy atom. The number of benzene rings is 1. The van der Waals surface area contributed by atoms with Crippen molar-refractivity contribution in [2.45, 2.75) is 25.7 Å². The third-order valence-corrected chi connectivity index (χ3v) is 4.27. The molecule has 2 rings (SSSR count). The van der Waals surface area contributed by atoms with Gasteiger partial charge in [0.1, 0.15) is 0 Å². The molecule has 0 spiro atoms. The number of nitrogens with zero attached hydrogens (tertiary/aromatic N) is 1. The number of hydrogen-bond donors (Lipinski definition) is 0. The van der Waals surface area contributed by atoms with Gasteiger partial charge in [-0.15, -0.1) is 0 Å². The van der Waals surface area contributed by atoms with Crippen LogP contribution in [0.3, 0.4) is 0 Å². The number of carbonyl (C=O) groups excluding carboxylic acids is 3. The van der Waals surface area contributed by atoms with E-state index in [1.807, 2.05) is 6.07 Å². The Hall–Kier alpha value is -2.37. The minimum absolute atomic E-state index is 0.0555. The Morgan fingerprint density at radius 2 is 1.65 bits per heavy atom. The second-order valence-corrected chi connectivity index (χ2v) is 5.53. The summed E-state index contributed by atoms with van der Waals surface area (Å²) >= 11 is 0. The van der Waals surface area contributed by atoms with Gasteiger partial charge >= 0.3 is 11.9 Å². The van der Waals surface area contributed by atoms with Crippen molar-refractivity contribution in [3.05, 3.63) is 34.9 Å². The molecule has 1 heterocycles. The van der Waals surface area contributed by atoms with Gasteiger partial charge in [-0.05, 0) is 30.4 Å². The van der Waals surface area contributed by atoms with Crippen molar-refractivity contribution >= 4 is 17.8 Å². The third kappa shape index (κ3) is 3.52. The molecule has 1 aromatic carbocycles. The highest BCUT2D eigenvalue weighted by Gasteiger charge is 2.29. The molecule has 1 aromatic rings. The quantitative estimate of drug-likeness (QED) is 0.797. The van der Waals surface area contributed by atoms with Gasteiger partial charge in [-0.2, -0.15) is 0 Å². The van der Waals surface area contributed by atoms with Gasteiger partial charge < -0.3 is 14.4 Å². The Bertz CT molecular complexity index is 617. The molecule has 1 amide bonds. The molecule has 0 N–H and O–H groups in total. The second kappa shape index (κ2) is 7.26. The van der Waals surface area contributed by atoms with Gasteiger partial charge in [-0.25, -0.2) is 9.59 Å². The van der Waals surface area contributed by atoms with Crippen molar-refractivity contribution < 1.29 is 23.9 Å². The van der Waals surface area contributed by atoms with E-state index in [1.54, 1.807) is 24.0 Å². The molecule has 1 saturated heterocycles. The molecule has 0 atom stereocenters. The average molecular weight is 319 g/mol. The number of amides is 1. The SMILES string of the molecule is COC(=O)c1cccc(C2CCN(C(C)=O)CC2)c1C(=O)OC. The fourth-order valence-corrected chi connectivity index (χ4v) is 3.03. The van der Waals surface area contributed by atoms with E-state index in [0.717, 1.165) is 18.4 Å². The molecule has 6 heteroatoms. The monoisotopic (exact) mass is 319 g/mol. The predicted octanol–water partition coefficient (Wildman–Crippen LogP) is 1.99. The number of carbonyl (C=O) groups is 3. The lowest BCUT2D eigenvalue weighted by molar-refractivity contribution is -0.129. The largest absolute Gasteiger partial charge is 0.465 e. The lowest BCUT2D eigenvalue weighted by atomic mass is 9.84. The van der Waals surface area contributed by atoms with Crippen molar-refractivity contribution in [1.82, 2.24) is 4.90 Å². The summed E-state index contributed by atoms with van der Waals surface area (Å²) in [5, 5.41) is 0. The minimum Gasteiger partial charge on any atom is -0.465 e. The molecule has 0 unspecified atom stereocenters. The van der Waals surface area contributed by atoms with Crippen LogP contribution >= 0.6 is 0 Å². The predicted molar refractivity (Wildman–Crippen MR) is 83.4 cm³/mol. The van der Waals surface area contributed by atoms with E-state index in [1.165, 1.54) is 14.2 Å². The minimum atomic E-state index is -0.562. The summed E-state index contributed by atoms with van der Waals surface area (Å²) in [7, 11) is 2.57. The number of rotatable bonds is 3. The second-order valence-electron chi connectivity index (χ2n) is 5.53. The molecule has 0 bridgehead atoms. The first-order valence-electron chi connectivity index (χ1n) is 7.54. The van der Waals surface area contributed by atoms with Crippen molar-refractivity contribution in [2.24, 2.45) is 0 Å². The molecule has 1 fully saturated rings. The molecule has 0 aliphatic carbocycles. The van der Waals surface area contributed by atoms with Crippen LogP contribution in [0.15, 0.2) is 18.2 Å². The van der Waals surface area contributed by atoms with Crippen LogP contribution < -0.4 is 0 Å². The van der Waals surface area contributed by atoms with Crippen LogP contribution in [0.1, 0.15) is 52.0 Å². The van der Waals surface area contributed by atoms with Crippen LogP contribution in [-0.4, -0.2) is 50.1 Å². The molecular weight excluding hydrogens is 298 g/mol. The molecular formula is C17H21NO5. The van der Waals surface area contributed by atoms with Crippen LogP contribution in [0, 0.1) is 0 Å². The topological polar surface area (TPSA) is 72.9 Å². The first-order valence-corrected chi connectivity index (χ1v) is 7.54. The van der Waals surface area contributed by atoms with Gasteiger partial charge in [0, 0.05) is 20.0 Å². The fraction of sp³-hybridized carbons (Fsp3) is 0.471. The fourth-order valence-electron chi connectivity index (χ4n) is 3.03. The Balaban J connectivity index is 2.37.